The summed E-state index contributed by atoms with van der Waals surface area (Å²) in [4.78, 5) is 11.8. The third-order valence-electron chi connectivity index (χ3n) is 2.95. The van der Waals surface area contributed by atoms with E-state index in [9.17, 15) is 4.79 Å². The molecule has 0 aliphatic rings. The zero-order chi connectivity index (χ0) is 13.1. The van der Waals surface area contributed by atoms with Crippen LogP contribution in [0, 0.1) is 0 Å². The molecule has 0 saturated heterocycles. The van der Waals surface area contributed by atoms with Crippen LogP contribution in [0.2, 0.25) is 0 Å². The van der Waals surface area contributed by atoms with Crippen molar-refractivity contribution in [3.63, 3.8) is 0 Å². The Kier molecular flexibility index (Phi) is 3.02. The van der Waals surface area contributed by atoms with Crippen LogP contribution in [-0.4, -0.2) is 5.91 Å². The lowest BCUT2D eigenvalue weighted by Crippen LogP contribution is -2.13. The molecule has 1 N–H and O–H groups in total. The minimum atomic E-state index is -0.0785. The molecule has 3 aromatic rings. The van der Waals surface area contributed by atoms with Gasteiger partial charge in [0.25, 0.3) is 0 Å². The maximum Gasteiger partial charge on any atom is 0.231 e. The van der Waals surface area contributed by atoms with Gasteiger partial charge in [0.1, 0.15) is 5.76 Å². The first-order chi connectivity index (χ1) is 9.31. The molecule has 0 radical (unpaired) electrons. The second kappa shape index (κ2) is 4.98. The summed E-state index contributed by atoms with van der Waals surface area (Å²) in [5, 5.41) is 5.14. The molecule has 0 aliphatic carbocycles. The molecule has 0 aliphatic heterocycles. The number of nitrogens with one attached hydrogen (secondary N) is 1. The number of fused-ring (bicyclic) bond motifs is 1. The fourth-order valence-corrected chi connectivity index (χ4v) is 2.04. The van der Waals surface area contributed by atoms with Crippen molar-refractivity contribution in [3.05, 3.63) is 66.6 Å². The number of furan rings is 1. The first-order valence-electron chi connectivity index (χ1n) is 6.12. The van der Waals surface area contributed by atoms with Gasteiger partial charge in [-0.25, -0.2) is 0 Å². The predicted molar refractivity (Wildman–Crippen MR) is 75.0 cm³/mol. The number of amides is 1. The van der Waals surface area contributed by atoms with E-state index in [2.05, 4.69) is 5.32 Å². The molecule has 0 fully saturated rings. The highest BCUT2D eigenvalue weighted by Crippen LogP contribution is 2.19. The fourth-order valence-electron chi connectivity index (χ4n) is 2.04. The van der Waals surface area contributed by atoms with Gasteiger partial charge in [-0.1, -0.05) is 30.3 Å². The van der Waals surface area contributed by atoms with Gasteiger partial charge in [0.2, 0.25) is 5.91 Å². The van der Waals surface area contributed by atoms with Crippen molar-refractivity contribution in [2.45, 2.75) is 6.42 Å². The molecule has 0 spiro atoms. The van der Waals surface area contributed by atoms with E-state index in [1.807, 2.05) is 42.5 Å². The first kappa shape index (κ1) is 11.5. The lowest BCUT2D eigenvalue weighted by atomic mass is 10.1. The van der Waals surface area contributed by atoms with E-state index in [0.29, 0.717) is 5.76 Å². The second-order valence-electron chi connectivity index (χ2n) is 4.37. The van der Waals surface area contributed by atoms with E-state index >= 15 is 0 Å². The molecule has 3 heteroatoms. The molecule has 0 bridgehead atoms. The van der Waals surface area contributed by atoms with Crippen LogP contribution in [0.4, 0.5) is 5.69 Å². The lowest BCUT2D eigenvalue weighted by molar-refractivity contribution is -0.115. The third kappa shape index (κ3) is 2.65. The highest BCUT2D eigenvalue weighted by atomic mass is 16.3. The fraction of sp³-hybridized carbons (Fsp3) is 0.0625. The predicted octanol–water partition coefficient (Wildman–Crippen LogP) is 3.61. The molecular formula is C16H13NO2. The number of rotatable bonds is 3. The summed E-state index contributed by atoms with van der Waals surface area (Å²) in [6.07, 6.45) is 1.82. The zero-order valence-electron chi connectivity index (χ0n) is 10.3. The van der Waals surface area contributed by atoms with Crippen molar-refractivity contribution in [2.24, 2.45) is 0 Å². The Morgan fingerprint density at radius 2 is 1.84 bits per heavy atom. The summed E-state index contributed by atoms with van der Waals surface area (Å²) in [5.41, 5.74) is 0.801. The third-order valence-corrected chi connectivity index (χ3v) is 2.95. The van der Waals surface area contributed by atoms with Crippen LogP contribution < -0.4 is 5.32 Å². The van der Waals surface area contributed by atoms with Gasteiger partial charge in [-0.15, -0.1) is 0 Å². The molecule has 0 unspecified atom stereocenters. The van der Waals surface area contributed by atoms with Crippen molar-refractivity contribution >= 4 is 22.4 Å². The van der Waals surface area contributed by atoms with Crippen molar-refractivity contribution < 1.29 is 9.21 Å². The smallest absolute Gasteiger partial charge is 0.231 e. The Morgan fingerprint density at radius 3 is 2.63 bits per heavy atom. The van der Waals surface area contributed by atoms with Crippen LogP contribution in [0.15, 0.2) is 65.3 Å². The van der Waals surface area contributed by atoms with Crippen molar-refractivity contribution in [1.82, 2.24) is 0 Å². The maximum atomic E-state index is 11.8. The summed E-state index contributed by atoms with van der Waals surface area (Å²) in [6, 6.07) is 17.5. The van der Waals surface area contributed by atoms with Gasteiger partial charge < -0.3 is 9.73 Å². The van der Waals surface area contributed by atoms with E-state index in [0.717, 1.165) is 16.5 Å². The molecule has 19 heavy (non-hydrogen) atoms. The van der Waals surface area contributed by atoms with E-state index < -0.39 is 0 Å². The number of hydrogen-bond donors (Lipinski definition) is 1. The number of carbonyl (C=O) groups excluding carboxylic acids is 1. The molecule has 2 aromatic carbocycles. The molecule has 94 valence electrons. The highest BCUT2D eigenvalue weighted by Gasteiger charge is 2.06. The SMILES string of the molecule is O=C(Cc1ccco1)Nc1ccc2ccccc2c1. The standard InChI is InChI=1S/C16H13NO2/c18-16(11-15-6-3-9-19-15)17-14-8-7-12-4-1-2-5-13(12)10-14/h1-10H,11H2,(H,17,18). The van der Waals surface area contributed by atoms with Crippen LogP contribution in [0.25, 0.3) is 10.8 Å². The average molecular weight is 251 g/mol. The van der Waals surface area contributed by atoms with Crippen molar-refractivity contribution in [2.75, 3.05) is 5.32 Å². The van der Waals surface area contributed by atoms with Gasteiger partial charge in [-0.2, -0.15) is 0 Å². The minimum Gasteiger partial charge on any atom is -0.469 e. The Bertz CT molecular complexity index is 702. The monoisotopic (exact) mass is 251 g/mol. The van der Waals surface area contributed by atoms with E-state index in [4.69, 9.17) is 4.42 Å². The second-order valence-corrected chi connectivity index (χ2v) is 4.37. The Labute approximate surface area is 110 Å². The Hall–Kier alpha value is -2.55. The summed E-state index contributed by atoms with van der Waals surface area (Å²) in [7, 11) is 0. The van der Waals surface area contributed by atoms with Crippen LogP contribution in [-0.2, 0) is 11.2 Å². The van der Waals surface area contributed by atoms with Gasteiger partial charge in [-0.05, 0) is 35.0 Å². The Balaban J connectivity index is 1.75. The van der Waals surface area contributed by atoms with Gasteiger partial charge in [-0.3, -0.25) is 4.79 Å². The number of hydrogen-bond acceptors (Lipinski definition) is 2. The molecule has 0 atom stereocenters. The number of anilines is 1. The number of carbonyl (C=O) groups is 1. The molecule has 1 amide bonds. The molecule has 1 heterocycles. The summed E-state index contributed by atoms with van der Waals surface area (Å²) >= 11 is 0. The molecule has 1 aromatic heterocycles. The quantitative estimate of drug-likeness (QED) is 0.772. The largest absolute Gasteiger partial charge is 0.469 e. The van der Waals surface area contributed by atoms with Crippen molar-refractivity contribution in [1.29, 1.82) is 0 Å². The van der Waals surface area contributed by atoms with Gasteiger partial charge in [0.15, 0.2) is 0 Å². The normalized spacial score (nSPS) is 10.5. The molecule has 3 rings (SSSR count). The summed E-state index contributed by atoms with van der Waals surface area (Å²) < 4.78 is 5.15. The van der Waals surface area contributed by atoms with Gasteiger partial charge in [0, 0.05) is 5.69 Å². The minimum absolute atomic E-state index is 0.0785. The van der Waals surface area contributed by atoms with Gasteiger partial charge in [0.05, 0.1) is 12.7 Å². The maximum absolute atomic E-state index is 11.8. The first-order valence-corrected chi connectivity index (χ1v) is 6.12. The number of benzene rings is 2. The van der Waals surface area contributed by atoms with Crippen LogP contribution in [0.1, 0.15) is 5.76 Å². The zero-order valence-corrected chi connectivity index (χ0v) is 10.3. The topological polar surface area (TPSA) is 42.2 Å². The van der Waals surface area contributed by atoms with E-state index in [1.165, 1.54) is 0 Å². The van der Waals surface area contributed by atoms with Gasteiger partial charge >= 0.3 is 0 Å². The summed E-state index contributed by atoms with van der Waals surface area (Å²) in [5.74, 6) is 0.587. The van der Waals surface area contributed by atoms with Crippen LogP contribution in [0.5, 0.6) is 0 Å². The molecule has 0 saturated carbocycles. The summed E-state index contributed by atoms with van der Waals surface area (Å²) in [6.45, 7) is 0. The van der Waals surface area contributed by atoms with E-state index in [1.54, 1.807) is 18.4 Å². The molecule has 3 nitrogen and oxygen atoms in total. The molecular weight excluding hydrogens is 238 g/mol. The average Bonchev–Trinajstić information content (AvgIpc) is 2.91. The van der Waals surface area contributed by atoms with Crippen LogP contribution in [0.3, 0.4) is 0 Å². The highest BCUT2D eigenvalue weighted by molar-refractivity contribution is 5.95. The lowest BCUT2D eigenvalue weighted by Gasteiger charge is -2.05. The van der Waals surface area contributed by atoms with Crippen molar-refractivity contribution in [3.8, 4) is 0 Å². The van der Waals surface area contributed by atoms with E-state index in [-0.39, 0.29) is 12.3 Å². The Morgan fingerprint density at radius 1 is 1.00 bits per heavy atom. The van der Waals surface area contributed by atoms with Crippen LogP contribution >= 0.6 is 0 Å².